The number of benzene rings is 1. The minimum Gasteiger partial charge on any atom is -0.349 e. The molecule has 0 atom stereocenters. The molecule has 0 bridgehead atoms. The smallest absolute Gasteiger partial charge is 0.198 e. The summed E-state index contributed by atoms with van der Waals surface area (Å²) in [5.74, 6) is 0. The summed E-state index contributed by atoms with van der Waals surface area (Å²) < 4.78 is 37.7. The molecular formula is C17H28O4SSi. The summed E-state index contributed by atoms with van der Waals surface area (Å²) in [7, 11) is -5.67. The predicted molar refractivity (Wildman–Crippen MR) is 96.8 cm³/mol. The lowest BCUT2D eigenvalue weighted by Gasteiger charge is -2.24. The average Bonchev–Trinajstić information content (AvgIpc) is 2.44. The number of hydrogen-bond acceptors (Lipinski definition) is 4. The molecule has 6 heteroatoms. The fraction of sp³-hybridized carbons (Fsp3) is 0.529. The highest BCUT2D eigenvalue weighted by molar-refractivity contribution is 7.97. The molecule has 0 fully saturated rings. The van der Waals surface area contributed by atoms with Gasteiger partial charge >= 0.3 is 0 Å². The first-order valence-electron chi connectivity index (χ1n) is 7.90. The van der Waals surface area contributed by atoms with Crippen LogP contribution >= 0.6 is 0 Å². The molecule has 1 rings (SSSR count). The van der Waals surface area contributed by atoms with Crippen molar-refractivity contribution < 1.29 is 17.9 Å². The fourth-order valence-corrected chi connectivity index (χ4v) is 7.44. The van der Waals surface area contributed by atoms with Crippen molar-refractivity contribution in [3.8, 4) is 0 Å². The second-order valence-corrected chi connectivity index (χ2v) is 13.7. The van der Waals surface area contributed by atoms with Gasteiger partial charge in [-0.1, -0.05) is 37.3 Å². The quantitative estimate of drug-likeness (QED) is 0.523. The Labute approximate surface area is 141 Å². The van der Waals surface area contributed by atoms with Gasteiger partial charge in [0, 0.05) is 17.7 Å². The number of aryl methyl sites for hydroxylation is 1. The molecule has 0 unspecified atom stereocenters. The van der Waals surface area contributed by atoms with Crippen molar-refractivity contribution in [3.63, 3.8) is 0 Å². The minimum atomic E-state index is -3.54. The largest absolute Gasteiger partial charge is 0.349 e. The van der Waals surface area contributed by atoms with Crippen LogP contribution in [0.25, 0.3) is 0 Å². The first-order valence-corrected chi connectivity index (χ1v) is 12.9. The number of ether oxygens (including phenoxy) is 2. The third kappa shape index (κ3) is 5.56. The maximum atomic E-state index is 13.1. The predicted octanol–water partition coefficient (Wildman–Crippen LogP) is 3.93. The van der Waals surface area contributed by atoms with Gasteiger partial charge in [-0.05, 0) is 39.0 Å². The van der Waals surface area contributed by atoms with E-state index in [-0.39, 0.29) is 0 Å². The Morgan fingerprint density at radius 2 is 1.57 bits per heavy atom. The minimum absolute atomic E-state index is 0.323. The molecule has 130 valence electrons. The molecule has 0 spiro atoms. The van der Waals surface area contributed by atoms with E-state index in [9.17, 15) is 8.42 Å². The highest BCUT2D eigenvalue weighted by atomic mass is 32.2. The Morgan fingerprint density at radius 1 is 1.09 bits per heavy atom. The van der Waals surface area contributed by atoms with Crippen LogP contribution in [0.1, 0.15) is 19.4 Å². The zero-order chi connectivity index (χ0) is 17.7. The maximum Gasteiger partial charge on any atom is 0.198 e. The topological polar surface area (TPSA) is 52.6 Å². The van der Waals surface area contributed by atoms with E-state index < -0.39 is 24.2 Å². The van der Waals surface area contributed by atoms with Crippen molar-refractivity contribution in [2.45, 2.75) is 51.6 Å². The number of hydrogen-bond donors (Lipinski definition) is 0. The van der Waals surface area contributed by atoms with Crippen LogP contribution in [0, 0.1) is 6.92 Å². The van der Waals surface area contributed by atoms with Crippen molar-refractivity contribution in [1.29, 1.82) is 0 Å². The van der Waals surface area contributed by atoms with Crippen LogP contribution in [0.5, 0.6) is 0 Å². The van der Waals surface area contributed by atoms with Crippen LogP contribution in [0.2, 0.25) is 19.6 Å². The van der Waals surface area contributed by atoms with Gasteiger partial charge in [0.1, 0.15) is 0 Å². The van der Waals surface area contributed by atoms with E-state index in [0.29, 0.717) is 22.6 Å². The van der Waals surface area contributed by atoms with E-state index >= 15 is 0 Å². The molecule has 0 aliphatic rings. The lowest BCUT2D eigenvalue weighted by atomic mass is 10.2. The number of rotatable bonds is 8. The molecule has 4 nitrogen and oxygen atoms in total. The molecule has 0 saturated carbocycles. The Hall–Kier alpha value is -0.953. The van der Waals surface area contributed by atoms with Gasteiger partial charge < -0.3 is 9.47 Å². The van der Waals surface area contributed by atoms with E-state index in [2.05, 4.69) is 0 Å². The molecule has 1 aromatic carbocycles. The van der Waals surface area contributed by atoms with E-state index in [1.807, 2.05) is 52.5 Å². The first kappa shape index (κ1) is 20.1. The third-order valence-electron chi connectivity index (χ3n) is 3.31. The van der Waals surface area contributed by atoms with Crippen LogP contribution in [-0.4, -0.2) is 36.0 Å². The molecule has 0 N–H and O–H groups in total. The monoisotopic (exact) mass is 356 g/mol. The lowest BCUT2D eigenvalue weighted by molar-refractivity contribution is -0.103. The van der Waals surface area contributed by atoms with Gasteiger partial charge in [-0.2, -0.15) is 0 Å². The zero-order valence-electron chi connectivity index (χ0n) is 14.9. The van der Waals surface area contributed by atoms with Crippen LogP contribution in [0.3, 0.4) is 0 Å². The molecule has 0 heterocycles. The van der Waals surface area contributed by atoms with Crippen molar-refractivity contribution in [2.24, 2.45) is 0 Å². The molecule has 0 saturated heterocycles. The molecule has 1 aromatic rings. The summed E-state index contributed by atoms with van der Waals surface area (Å²) in [5.41, 5.74) is 1.03. The van der Waals surface area contributed by atoms with Crippen LogP contribution in [-0.2, 0) is 19.3 Å². The molecule has 0 radical (unpaired) electrons. The summed E-state index contributed by atoms with van der Waals surface area (Å²) in [5, 5.41) is 0. The highest BCUT2D eigenvalue weighted by Crippen LogP contribution is 2.28. The summed E-state index contributed by atoms with van der Waals surface area (Å²) >= 11 is 0. The highest BCUT2D eigenvalue weighted by Gasteiger charge is 2.33. The van der Waals surface area contributed by atoms with Crippen LogP contribution < -0.4 is 0 Å². The van der Waals surface area contributed by atoms with Gasteiger partial charge in [0.15, 0.2) is 16.1 Å². The van der Waals surface area contributed by atoms with E-state index in [1.54, 1.807) is 18.2 Å². The van der Waals surface area contributed by atoms with Gasteiger partial charge in [0.05, 0.1) is 13.0 Å². The van der Waals surface area contributed by atoms with Crippen molar-refractivity contribution >= 4 is 17.9 Å². The molecule has 0 aromatic heterocycles. The Bertz CT molecular complexity index is 622. The Kier molecular flexibility index (Phi) is 7.19. The molecule has 0 aliphatic carbocycles. The standard InChI is InChI=1S/C17H28O4SSi/c1-7-20-16(21-8-2)13-17(23(4,5)6)22(18,19)15-11-9-14(3)10-12-15/h9-13,16H,7-8H2,1-6H3/b17-13-. The number of sulfone groups is 1. The normalized spacial score (nSPS) is 13.6. The summed E-state index contributed by atoms with van der Waals surface area (Å²) in [6.07, 6.45) is 1.01. The van der Waals surface area contributed by atoms with Gasteiger partial charge in [-0.25, -0.2) is 8.42 Å². The third-order valence-corrected chi connectivity index (χ3v) is 9.21. The maximum absolute atomic E-state index is 13.1. The van der Waals surface area contributed by atoms with E-state index in [0.717, 1.165) is 5.56 Å². The summed E-state index contributed by atoms with van der Waals surface area (Å²) in [6.45, 7) is 12.6. The molecular weight excluding hydrogens is 328 g/mol. The van der Waals surface area contributed by atoms with Gasteiger partial charge in [0.25, 0.3) is 0 Å². The van der Waals surface area contributed by atoms with Gasteiger partial charge in [-0.3, -0.25) is 0 Å². The molecule has 23 heavy (non-hydrogen) atoms. The van der Waals surface area contributed by atoms with Crippen molar-refractivity contribution in [3.05, 3.63) is 40.4 Å². The second kappa shape index (κ2) is 8.24. The van der Waals surface area contributed by atoms with E-state index in [4.69, 9.17) is 9.47 Å². The summed E-state index contributed by atoms with van der Waals surface area (Å²) in [4.78, 5) is 0.323. The average molecular weight is 357 g/mol. The Morgan fingerprint density at radius 3 is 1.96 bits per heavy atom. The van der Waals surface area contributed by atoms with Crippen molar-refractivity contribution in [1.82, 2.24) is 0 Å². The van der Waals surface area contributed by atoms with Crippen LogP contribution in [0.4, 0.5) is 0 Å². The second-order valence-electron chi connectivity index (χ2n) is 6.38. The van der Waals surface area contributed by atoms with Crippen molar-refractivity contribution in [2.75, 3.05) is 13.2 Å². The SMILES string of the molecule is CCOC(/C=C(\[Si](C)(C)C)S(=O)(=O)c1ccc(C)cc1)OCC. The molecule has 0 aliphatic heterocycles. The van der Waals surface area contributed by atoms with Gasteiger partial charge in [0.2, 0.25) is 0 Å². The molecule has 0 amide bonds. The van der Waals surface area contributed by atoms with Gasteiger partial charge in [-0.15, -0.1) is 0 Å². The fourth-order valence-electron chi connectivity index (χ4n) is 2.18. The first-order chi connectivity index (χ1) is 10.6. The zero-order valence-corrected chi connectivity index (χ0v) is 16.7. The lowest BCUT2D eigenvalue weighted by Crippen LogP contribution is -2.32. The Balaban J connectivity index is 3.38. The van der Waals surface area contributed by atoms with E-state index in [1.165, 1.54) is 0 Å². The summed E-state index contributed by atoms with van der Waals surface area (Å²) in [6, 6.07) is 6.96. The van der Waals surface area contributed by atoms with Crippen LogP contribution in [0.15, 0.2) is 39.8 Å².